The monoisotopic (exact) mass is 190 g/mol. The molecule has 0 radical (unpaired) electrons. The van der Waals surface area contributed by atoms with E-state index in [0.717, 1.165) is 22.7 Å². The first-order valence-corrected chi connectivity index (χ1v) is 4.66. The topological polar surface area (TPSA) is 54.5 Å². The first kappa shape index (κ1) is 9.12. The molecule has 14 heavy (non-hydrogen) atoms. The van der Waals surface area contributed by atoms with Gasteiger partial charge in [0.15, 0.2) is 5.65 Å². The highest BCUT2D eigenvalue weighted by molar-refractivity contribution is 5.72. The van der Waals surface area contributed by atoms with Gasteiger partial charge in [0.25, 0.3) is 0 Å². The largest absolute Gasteiger partial charge is 0.339 e. The van der Waals surface area contributed by atoms with E-state index in [1.165, 1.54) is 0 Å². The van der Waals surface area contributed by atoms with Gasteiger partial charge in [-0.05, 0) is 6.92 Å². The number of imidazole rings is 1. The molecule has 0 aliphatic rings. The van der Waals surface area contributed by atoms with Gasteiger partial charge in [0.1, 0.15) is 17.7 Å². The van der Waals surface area contributed by atoms with E-state index in [0.29, 0.717) is 0 Å². The van der Waals surface area contributed by atoms with Crippen LogP contribution in [-0.4, -0.2) is 19.9 Å². The van der Waals surface area contributed by atoms with Crippen molar-refractivity contribution >= 4 is 11.2 Å². The van der Waals surface area contributed by atoms with Gasteiger partial charge in [0.2, 0.25) is 0 Å². The van der Waals surface area contributed by atoms with Crippen molar-refractivity contribution in [2.45, 2.75) is 33.1 Å². The van der Waals surface area contributed by atoms with Crippen molar-refractivity contribution in [3.05, 3.63) is 17.8 Å². The second-order valence-corrected chi connectivity index (χ2v) is 4.49. The van der Waals surface area contributed by atoms with Crippen LogP contribution in [0.25, 0.3) is 11.2 Å². The van der Waals surface area contributed by atoms with Crippen LogP contribution >= 0.6 is 0 Å². The number of aromatic nitrogens is 4. The summed E-state index contributed by atoms with van der Waals surface area (Å²) >= 11 is 0. The molecule has 0 aromatic carbocycles. The van der Waals surface area contributed by atoms with Crippen LogP contribution in [0, 0.1) is 6.92 Å². The Morgan fingerprint density at radius 2 is 1.93 bits per heavy atom. The maximum Gasteiger partial charge on any atom is 0.181 e. The van der Waals surface area contributed by atoms with Gasteiger partial charge in [-0.1, -0.05) is 20.8 Å². The first-order chi connectivity index (χ1) is 6.48. The Labute approximate surface area is 82.8 Å². The van der Waals surface area contributed by atoms with Crippen molar-refractivity contribution in [1.29, 1.82) is 0 Å². The minimum Gasteiger partial charge on any atom is -0.339 e. The smallest absolute Gasteiger partial charge is 0.181 e. The zero-order valence-corrected chi connectivity index (χ0v) is 8.92. The number of aryl methyl sites for hydroxylation is 1. The van der Waals surface area contributed by atoms with Gasteiger partial charge in [-0.2, -0.15) is 0 Å². The zero-order chi connectivity index (χ0) is 10.3. The average molecular weight is 190 g/mol. The van der Waals surface area contributed by atoms with Crippen LogP contribution in [0.15, 0.2) is 6.33 Å². The molecule has 0 aliphatic heterocycles. The maximum absolute atomic E-state index is 4.44. The van der Waals surface area contributed by atoms with Crippen molar-refractivity contribution in [1.82, 2.24) is 19.9 Å². The van der Waals surface area contributed by atoms with Gasteiger partial charge in [-0.25, -0.2) is 15.0 Å². The molecular formula is C10H14N4. The second-order valence-electron chi connectivity index (χ2n) is 4.49. The number of hydrogen-bond acceptors (Lipinski definition) is 3. The summed E-state index contributed by atoms with van der Waals surface area (Å²) in [7, 11) is 0. The van der Waals surface area contributed by atoms with Crippen molar-refractivity contribution in [3.8, 4) is 0 Å². The fourth-order valence-electron chi connectivity index (χ4n) is 1.30. The lowest BCUT2D eigenvalue weighted by Crippen LogP contribution is -2.13. The van der Waals surface area contributed by atoms with Crippen molar-refractivity contribution in [3.63, 3.8) is 0 Å². The molecule has 2 aromatic rings. The minimum absolute atomic E-state index is 0.0210. The molecule has 0 bridgehead atoms. The van der Waals surface area contributed by atoms with E-state index in [-0.39, 0.29) is 5.41 Å². The van der Waals surface area contributed by atoms with Crippen LogP contribution < -0.4 is 0 Å². The quantitative estimate of drug-likeness (QED) is 0.690. The van der Waals surface area contributed by atoms with E-state index in [1.54, 1.807) is 6.33 Å². The van der Waals surface area contributed by atoms with E-state index < -0.39 is 0 Å². The predicted molar refractivity (Wildman–Crippen MR) is 55.1 cm³/mol. The fourth-order valence-corrected chi connectivity index (χ4v) is 1.30. The lowest BCUT2D eigenvalue weighted by molar-refractivity contribution is 0.554. The summed E-state index contributed by atoms with van der Waals surface area (Å²) in [5.41, 5.74) is 2.66. The Morgan fingerprint density at radius 3 is 2.50 bits per heavy atom. The molecule has 2 heterocycles. The third-order valence-corrected chi connectivity index (χ3v) is 2.19. The summed E-state index contributed by atoms with van der Waals surface area (Å²) in [6.07, 6.45) is 1.55. The van der Waals surface area contributed by atoms with Crippen molar-refractivity contribution < 1.29 is 0 Å². The van der Waals surface area contributed by atoms with Gasteiger partial charge in [-0.15, -0.1) is 0 Å². The molecule has 0 atom stereocenters. The number of fused-ring (bicyclic) bond motifs is 1. The first-order valence-electron chi connectivity index (χ1n) is 4.66. The molecule has 0 spiro atoms. The summed E-state index contributed by atoms with van der Waals surface area (Å²) in [5.74, 6) is 0.955. The summed E-state index contributed by atoms with van der Waals surface area (Å²) in [4.78, 5) is 15.9. The Morgan fingerprint density at radius 1 is 1.21 bits per heavy atom. The van der Waals surface area contributed by atoms with Crippen molar-refractivity contribution in [2.24, 2.45) is 0 Å². The van der Waals surface area contributed by atoms with Crippen LogP contribution in [0.5, 0.6) is 0 Å². The van der Waals surface area contributed by atoms with Gasteiger partial charge >= 0.3 is 0 Å². The number of nitrogens with zero attached hydrogens (tertiary/aromatic N) is 3. The molecule has 0 fully saturated rings. The SMILES string of the molecule is Cc1ncnc2nc(C(C)(C)C)[nH]c12. The van der Waals surface area contributed by atoms with Crippen LogP contribution in [0.4, 0.5) is 0 Å². The number of H-pyrrole nitrogens is 1. The number of rotatable bonds is 0. The number of hydrogen-bond donors (Lipinski definition) is 1. The van der Waals surface area contributed by atoms with Gasteiger partial charge in [0.05, 0.1) is 5.69 Å². The lowest BCUT2D eigenvalue weighted by atomic mass is 9.96. The zero-order valence-electron chi connectivity index (χ0n) is 8.92. The molecule has 1 N–H and O–H groups in total. The summed E-state index contributed by atoms with van der Waals surface area (Å²) in [6, 6.07) is 0. The molecule has 0 aliphatic carbocycles. The fraction of sp³-hybridized carbons (Fsp3) is 0.500. The maximum atomic E-state index is 4.44. The van der Waals surface area contributed by atoms with E-state index in [2.05, 4.69) is 40.7 Å². The molecule has 0 amide bonds. The molecular weight excluding hydrogens is 176 g/mol. The molecule has 0 saturated carbocycles. The Kier molecular flexibility index (Phi) is 1.80. The molecule has 4 heteroatoms. The van der Waals surface area contributed by atoms with E-state index in [9.17, 15) is 0 Å². The molecule has 0 unspecified atom stereocenters. The molecule has 4 nitrogen and oxygen atoms in total. The Balaban J connectivity index is 2.69. The summed E-state index contributed by atoms with van der Waals surface area (Å²) < 4.78 is 0. The predicted octanol–water partition coefficient (Wildman–Crippen LogP) is 1.96. The van der Waals surface area contributed by atoms with Crippen LogP contribution in [-0.2, 0) is 5.41 Å². The number of nitrogens with one attached hydrogen (secondary N) is 1. The van der Waals surface area contributed by atoms with E-state index >= 15 is 0 Å². The average Bonchev–Trinajstić information content (AvgIpc) is 2.48. The normalized spacial score (nSPS) is 12.3. The third kappa shape index (κ3) is 1.36. The van der Waals surface area contributed by atoms with Crippen LogP contribution in [0.2, 0.25) is 0 Å². The standard InChI is InChI=1S/C10H14N4/c1-6-7-8(12-5-11-6)14-9(13-7)10(2,3)4/h5H,1-4H3,(H,11,12,13,14). The van der Waals surface area contributed by atoms with Crippen molar-refractivity contribution in [2.75, 3.05) is 0 Å². The number of aromatic amines is 1. The highest BCUT2D eigenvalue weighted by Crippen LogP contribution is 2.21. The third-order valence-electron chi connectivity index (χ3n) is 2.19. The minimum atomic E-state index is 0.0210. The molecule has 74 valence electrons. The van der Waals surface area contributed by atoms with Crippen LogP contribution in [0.1, 0.15) is 32.3 Å². The lowest BCUT2D eigenvalue weighted by Gasteiger charge is -2.13. The second kappa shape index (κ2) is 2.77. The van der Waals surface area contributed by atoms with Gasteiger partial charge in [0, 0.05) is 5.41 Å². The summed E-state index contributed by atoms with van der Waals surface area (Å²) in [6.45, 7) is 8.31. The van der Waals surface area contributed by atoms with E-state index in [4.69, 9.17) is 0 Å². The van der Waals surface area contributed by atoms with Crippen LogP contribution in [0.3, 0.4) is 0 Å². The molecule has 2 rings (SSSR count). The highest BCUT2D eigenvalue weighted by Gasteiger charge is 2.19. The van der Waals surface area contributed by atoms with E-state index in [1.807, 2.05) is 6.92 Å². The Bertz CT molecular complexity index is 464. The molecule has 2 aromatic heterocycles. The Hall–Kier alpha value is -1.45. The molecule has 0 saturated heterocycles. The summed E-state index contributed by atoms with van der Waals surface area (Å²) in [5, 5.41) is 0. The highest BCUT2D eigenvalue weighted by atomic mass is 15.0. The van der Waals surface area contributed by atoms with Gasteiger partial charge in [-0.3, -0.25) is 0 Å². The van der Waals surface area contributed by atoms with Gasteiger partial charge < -0.3 is 4.98 Å².